The minimum atomic E-state index is -0.137. The molecule has 1 atom stereocenters. The molecule has 1 aliphatic rings. The van der Waals surface area contributed by atoms with E-state index in [2.05, 4.69) is 16.0 Å². The van der Waals surface area contributed by atoms with Gasteiger partial charge in [-0.3, -0.25) is 9.36 Å². The molecule has 26 heavy (non-hydrogen) atoms. The van der Waals surface area contributed by atoms with Crippen molar-refractivity contribution in [1.29, 1.82) is 5.26 Å². The highest BCUT2D eigenvalue weighted by Gasteiger charge is 2.23. The minimum absolute atomic E-state index is 0.0717. The molecule has 132 valence electrons. The van der Waals surface area contributed by atoms with Crippen LogP contribution in [0.15, 0.2) is 41.3 Å². The Morgan fingerprint density at radius 3 is 3.00 bits per heavy atom. The van der Waals surface area contributed by atoms with Crippen LogP contribution in [0, 0.1) is 11.3 Å². The summed E-state index contributed by atoms with van der Waals surface area (Å²) < 4.78 is 1.65. The van der Waals surface area contributed by atoms with Crippen LogP contribution < -0.4 is 16.2 Å². The number of benzene rings is 1. The zero-order chi connectivity index (χ0) is 18.1. The summed E-state index contributed by atoms with van der Waals surface area (Å²) in [5.41, 5.74) is 8.48. The molecule has 0 bridgehead atoms. The maximum Gasteiger partial charge on any atom is 0.279 e. The Hall–Kier alpha value is -3.11. The summed E-state index contributed by atoms with van der Waals surface area (Å²) in [6.07, 6.45) is 3.67. The summed E-state index contributed by atoms with van der Waals surface area (Å²) in [5.74, 6) is 0.616. The van der Waals surface area contributed by atoms with Crippen LogP contribution in [0.2, 0.25) is 0 Å². The predicted molar refractivity (Wildman–Crippen MR) is 100 cm³/mol. The number of nitrogens with zero attached hydrogens (tertiary/aromatic N) is 4. The summed E-state index contributed by atoms with van der Waals surface area (Å²) >= 11 is 0. The van der Waals surface area contributed by atoms with Crippen molar-refractivity contribution in [2.75, 3.05) is 18.0 Å². The first-order chi connectivity index (χ1) is 12.7. The van der Waals surface area contributed by atoms with Gasteiger partial charge in [0.2, 0.25) is 5.95 Å². The summed E-state index contributed by atoms with van der Waals surface area (Å²) in [6.45, 7) is 1.78. The summed E-state index contributed by atoms with van der Waals surface area (Å²) in [7, 11) is 0. The van der Waals surface area contributed by atoms with Gasteiger partial charge in [0, 0.05) is 25.3 Å². The molecule has 0 saturated carbocycles. The number of rotatable bonds is 3. The third-order valence-electron chi connectivity index (χ3n) is 4.85. The van der Waals surface area contributed by atoms with Crippen LogP contribution in [0.4, 0.5) is 5.95 Å². The molecule has 0 amide bonds. The molecular weight excluding hydrogens is 328 g/mol. The Bertz CT molecular complexity index is 1040. The van der Waals surface area contributed by atoms with E-state index in [-0.39, 0.29) is 11.6 Å². The molecule has 7 heteroatoms. The van der Waals surface area contributed by atoms with Gasteiger partial charge in [0.05, 0.1) is 23.7 Å². The molecule has 4 rings (SSSR count). The van der Waals surface area contributed by atoms with E-state index >= 15 is 0 Å². The smallest absolute Gasteiger partial charge is 0.279 e. The maximum absolute atomic E-state index is 13.1. The highest BCUT2D eigenvalue weighted by Crippen LogP contribution is 2.20. The van der Waals surface area contributed by atoms with E-state index in [4.69, 9.17) is 10.7 Å². The lowest BCUT2D eigenvalue weighted by molar-refractivity contribution is 0.492. The normalized spacial score (nSPS) is 17.4. The molecule has 3 aromatic rings. The van der Waals surface area contributed by atoms with E-state index in [9.17, 15) is 10.1 Å². The number of nitriles is 1. The van der Waals surface area contributed by atoms with Crippen molar-refractivity contribution in [3.8, 4) is 6.07 Å². The molecule has 1 aromatic carbocycles. The van der Waals surface area contributed by atoms with Gasteiger partial charge in [-0.05, 0) is 30.5 Å². The standard InChI is InChI=1S/C19H20N6O/c20-10-13-4-1-2-5-14(13)11-25-18(26)17-16(7-8-22-17)23-19(25)24-9-3-6-15(21)12-24/h1-2,4-5,7-8,15,22H,3,6,9,11-12,21H2/t15-/m1/s1. The molecule has 3 N–H and O–H groups in total. The van der Waals surface area contributed by atoms with Crippen molar-refractivity contribution in [1.82, 2.24) is 14.5 Å². The Kier molecular flexibility index (Phi) is 4.19. The first-order valence-corrected chi connectivity index (χ1v) is 8.74. The van der Waals surface area contributed by atoms with Crippen LogP contribution in [0.3, 0.4) is 0 Å². The first kappa shape index (κ1) is 16.4. The lowest BCUT2D eigenvalue weighted by Crippen LogP contribution is -2.45. The summed E-state index contributed by atoms with van der Waals surface area (Å²) in [5, 5.41) is 9.37. The van der Waals surface area contributed by atoms with E-state index in [0.717, 1.165) is 24.9 Å². The van der Waals surface area contributed by atoms with Crippen molar-refractivity contribution in [3.05, 3.63) is 58.0 Å². The first-order valence-electron chi connectivity index (χ1n) is 8.74. The molecule has 1 aliphatic heterocycles. The van der Waals surface area contributed by atoms with Crippen LogP contribution in [0.25, 0.3) is 11.0 Å². The van der Waals surface area contributed by atoms with Crippen molar-refractivity contribution in [2.24, 2.45) is 5.73 Å². The number of nitrogens with two attached hydrogens (primary N) is 1. The zero-order valence-electron chi connectivity index (χ0n) is 14.4. The van der Waals surface area contributed by atoms with Crippen LogP contribution in [0.1, 0.15) is 24.0 Å². The summed E-state index contributed by atoms with van der Waals surface area (Å²) in [6, 6.07) is 11.4. The fourth-order valence-corrected chi connectivity index (χ4v) is 3.53. The van der Waals surface area contributed by atoms with Gasteiger partial charge in [-0.25, -0.2) is 4.98 Å². The van der Waals surface area contributed by atoms with E-state index in [1.165, 1.54) is 0 Å². The topological polar surface area (TPSA) is 104 Å². The van der Waals surface area contributed by atoms with E-state index in [1.54, 1.807) is 22.9 Å². The maximum atomic E-state index is 13.1. The molecule has 0 unspecified atom stereocenters. The SMILES string of the molecule is N#Cc1ccccc1Cn1c(N2CCC[C@@H](N)C2)nc2cc[nH]c2c1=O. The van der Waals surface area contributed by atoms with E-state index in [0.29, 0.717) is 35.6 Å². The lowest BCUT2D eigenvalue weighted by atomic mass is 10.1. The van der Waals surface area contributed by atoms with Gasteiger partial charge in [-0.15, -0.1) is 0 Å². The van der Waals surface area contributed by atoms with Gasteiger partial charge in [0.15, 0.2) is 0 Å². The molecular formula is C19H20N6O. The van der Waals surface area contributed by atoms with Crippen LogP contribution in [-0.2, 0) is 6.54 Å². The monoisotopic (exact) mass is 348 g/mol. The molecule has 2 aromatic heterocycles. The number of fused-ring (bicyclic) bond motifs is 1. The van der Waals surface area contributed by atoms with Gasteiger partial charge < -0.3 is 15.6 Å². The molecule has 0 radical (unpaired) electrons. The Morgan fingerprint density at radius 2 is 2.19 bits per heavy atom. The third kappa shape index (κ3) is 2.85. The highest BCUT2D eigenvalue weighted by atomic mass is 16.1. The Morgan fingerprint density at radius 1 is 1.35 bits per heavy atom. The number of piperidine rings is 1. The number of nitrogens with one attached hydrogen (secondary N) is 1. The third-order valence-corrected chi connectivity index (χ3v) is 4.85. The second-order valence-corrected chi connectivity index (χ2v) is 6.66. The molecule has 3 heterocycles. The second-order valence-electron chi connectivity index (χ2n) is 6.66. The van der Waals surface area contributed by atoms with Crippen molar-refractivity contribution >= 4 is 17.0 Å². The van der Waals surface area contributed by atoms with Crippen molar-refractivity contribution in [2.45, 2.75) is 25.4 Å². The van der Waals surface area contributed by atoms with E-state index < -0.39 is 0 Å². The molecule has 0 aliphatic carbocycles. The number of hydrogen-bond acceptors (Lipinski definition) is 5. The number of hydrogen-bond donors (Lipinski definition) is 2. The van der Waals surface area contributed by atoms with Gasteiger partial charge in [-0.1, -0.05) is 18.2 Å². The number of aromatic nitrogens is 3. The van der Waals surface area contributed by atoms with E-state index in [1.807, 2.05) is 18.2 Å². The van der Waals surface area contributed by atoms with Crippen LogP contribution in [0.5, 0.6) is 0 Å². The largest absolute Gasteiger partial charge is 0.355 e. The lowest BCUT2D eigenvalue weighted by Gasteiger charge is -2.33. The van der Waals surface area contributed by atoms with Crippen molar-refractivity contribution in [3.63, 3.8) is 0 Å². The molecule has 1 fully saturated rings. The van der Waals surface area contributed by atoms with Crippen LogP contribution in [-0.4, -0.2) is 33.7 Å². The summed E-state index contributed by atoms with van der Waals surface area (Å²) in [4.78, 5) is 22.9. The van der Waals surface area contributed by atoms with Gasteiger partial charge in [-0.2, -0.15) is 5.26 Å². The Balaban J connectivity index is 1.86. The number of aromatic amines is 1. The average molecular weight is 348 g/mol. The fraction of sp³-hybridized carbons (Fsp3) is 0.316. The molecule has 0 spiro atoms. The fourth-order valence-electron chi connectivity index (χ4n) is 3.53. The number of anilines is 1. The van der Waals surface area contributed by atoms with Gasteiger partial charge in [0.25, 0.3) is 5.56 Å². The minimum Gasteiger partial charge on any atom is -0.355 e. The van der Waals surface area contributed by atoms with Gasteiger partial charge in [0.1, 0.15) is 5.52 Å². The quantitative estimate of drug-likeness (QED) is 0.748. The number of H-pyrrole nitrogens is 1. The van der Waals surface area contributed by atoms with Crippen LogP contribution >= 0.6 is 0 Å². The van der Waals surface area contributed by atoms with Crippen molar-refractivity contribution < 1.29 is 0 Å². The second kappa shape index (κ2) is 6.65. The molecule has 1 saturated heterocycles. The predicted octanol–water partition coefficient (Wildman–Crippen LogP) is 1.57. The zero-order valence-corrected chi connectivity index (χ0v) is 14.4. The van der Waals surface area contributed by atoms with Gasteiger partial charge >= 0.3 is 0 Å². The molecule has 7 nitrogen and oxygen atoms in total. The Labute approximate surface area is 150 Å². The average Bonchev–Trinajstić information content (AvgIpc) is 3.13. The highest BCUT2D eigenvalue weighted by molar-refractivity contribution is 5.75.